The van der Waals surface area contributed by atoms with E-state index in [4.69, 9.17) is 0 Å². The molecule has 0 aliphatic carbocycles. The zero-order chi connectivity index (χ0) is 32.0. The van der Waals surface area contributed by atoms with E-state index >= 15 is 0 Å². The second-order valence-corrected chi connectivity index (χ2v) is 16.1. The van der Waals surface area contributed by atoms with Crippen molar-refractivity contribution in [1.82, 2.24) is 0 Å². The fourth-order valence-corrected chi connectivity index (χ4v) is 7.27. The topological polar surface area (TPSA) is 0 Å². The molecule has 0 saturated heterocycles. The first kappa shape index (κ1) is 42.7. The minimum absolute atomic E-state index is 0.849. The highest BCUT2D eigenvalue weighted by molar-refractivity contribution is 4.87. The lowest BCUT2D eigenvalue weighted by Crippen LogP contribution is -2.14. The molecule has 43 heavy (non-hydrogen) atoms. The van der Waals surface area contributed by atoms with Gasteiger partial charge in [-0.05, 0) is 62.2 Å². The van der Waals surface area contributed by atoms with Gasteiger partial charge in [-0.15, -0.1) is 6.58 Å². The van der Waals surface area contributed by atoms with E-state index in [1.54, 1.807) is 0 Å². The molecule has 0 rings (SSSR count). The monoisotopic (exact) mass is 603 g/mol. The lowest BCUT2D eigenvalue weighted by Gasteiger charge is -2.26. The van der Waals surface area contributed by atoms with Crippen molar-refractivity contribution in [2.24, 2.45) is 29.6 Å². The van der Waals surface area contributed by atoms with Gasteiger partial charge in [0.15, 0.2) is 0 Å². The molecule has 0 heterocycles. The Morgan fingerprint density at radius 2 is 0.767 bits per heavy atom. The van der Waals surface area contributed by atoms with E-state index in [0.717, 1.165) is 29.6 Å². The molecular formula is C43H86. The maximum absolute atomic E-state index is 4.01. The van der Waals surface area contributed by atoms with Gasteiger partial charge in [0.05, 0.1) is 0 Å². The van der Waals surface area contributed by atoms with Gasteiger partial charge >= 0.3 is 0 Å². The normalized spacial score (nSPS) is 14.7. The highest BCUT2D eigenvalue weighted by atomic mass is 14.2. The average Bonchev–Trinajstić information content (AvgIpc) is 2.96. The summed E-state index contributed by atoms with van der Waals surface area (Å²) in [5.74, 6) is 4.57. The highest BCUT2D eigenvalue weighted by Gasteiger charge is 2.18. The van der Waals surface area contributed by atoms with Crippen LogP contribution < -0.4 is 0 Å². The molecule has 0 aliphatic rings. The van der Waals surface area contributed by atoms with E-state index in [2.05, 4.69) is 55.0 Å². The van der Waals surface area contributed by atoms with Gasteiger partial charge in [0.25, 0.3) is 0 Å². The standard InChI is InChI=1S/C43H86/c1-9-10-11-12-13-14-15-24-29-34-42(8)37-43(39(4)5)36-35-41(7)33-28-23-19-18-22-27-32-40(6)31-26-21-17-16-20-25-30-38(2)3/h39-43H,2,9-37H2,1,3-8H3. The predicted molar refractivity (Wildman–Crippen MR) is 200 cm³/mol. The van der Waals surface area contributed by atoms with Crippen LogP contribution >= 0.6 is 0 Å². The Morgan fingerprint density at radius 1 is 0.419 bits per heavy atom. The number of allylic oxidation sites excluding steroid dienone is 1. The van der Waals surface area contributed by atoms with Gasteiger partial charge in [0.1, 0.15) is 0 Å². The van der Waals surface area contributed by atoms with Crippen LogP contribution in [0.4, 0.5) is 0 Å². The van der Waals surface area contributed by atoms with Gasteiger partial charge in [-0.1, -0.05) is 208 Å². The molecule has 0 radical (unpaired) electrons. The third kappa shape index (κ3) is 31.5. The summed E-state index contributed by atoms with van der Waals surface area (Å²) in [6.45, 7) is 21.0. The van der Waals surface area contributed by atoms with Crippen LogP contribution in [-0.4, -0.2) is 0 Å². The van der Waals surface area contributed by atoms with Crippen LogP contribution in [0.15, 0.2) is 12.2 Å². The van der Waals surface area contributed by atoms with Crippen molar-refractivity contribution >= 4 is 0 Å². The summed E-state index contributed by atoms with van der Waals surface area (Å²) in [5, 5.41) is 0. The average molecular weight is 603 g/mol. The van der Waals surface area contributed by atoms with Gasteiger partial charge in [-0.2, -0.15) is 0 Å². The molecular weight excluding hydrogens is 516 g/mol. The van der Waals surface area contributed by atoms with Gasteiger partial charge in [-0.25, -0.2) is 0 Å². The van der Waals surface area contributed by atoms with Crippen molar-refractivity contribution < 1.29 is 0 Å². The largest absolute Gasteiger partial charge is 0.100 e. The molecule has 258 valence electrons. The Morgan fingerprint density at radius 3 is 1.16 bits per heavy atom. The Hall–Kier alpha value is -0.260. The summed E-state index contributed by atoms with van der Waals surface area (Å²) in [6.07, 6.45) is 41.9. The fraction of sp³-hybridized carbons (Fsp3) is 0.953. The summed E-state index contributed by atoms with van der Waals surface area (Å²) in [4.78, 5) is 0. The van der Waals surface area contributed by atoms with Crippen molar-refractivity contribution in [1.29, 1.82) is 0 Å². The Labute approximate surface area is 275 Å². The lowest BCUT2D eigenvalue weighted by atomic mass is 9.80. The van der Waals surface area contributed by atoms with Crippen LogP contribution in [0.5, 0.6) is 0 Å². The third-order valence-electron chi connectivity index (χ3n) is 10.7. The maximum atomic E-state index is 4.01. The summed E-state index contributed by atoms with van der Waals surface area (Å²) in [6, 6.07) is 0. The maximum Gasteiger partial charge on any atom is -0.0326 e. The van der Waals surface area contributed by atoms with Crippen molar-refractivity contribution in [3.05, 3.63) is 12.2 Å². The van der Waals surface area contributed by atoms with E-state index in [1.165, 1.54) is 192 Å². The molecule has 0 amide bonds. The third-order valence-corrected chi connectivity index (χ3v) is 10.7. The minimum atomic E-state index is 0.849. The van der Waals surface area contributed by atoms with E-state index in [0.29, 0.717) is 0 Å². The molecule has 0 bridgehead atoms. The quantitative estimate of drug-likeness (QED) is 0.0507. The van der Waals surface area contributed by atoms with Gasteiger partial charge in [0.2, 0.25) is 0 Å². The summed E-state index contributed by atoms with van der Waals surface area (Å²) < 4.78 is 0. The van der Waals surface area contributed by atoms with E-state index in [1.807, 2.05) is 0 Å². The molecule has 0 nitrogen and oxygen atoms in total. The van der Waals surface area contributed by atoms with E-state index < -0.39 is 0 Å². The highest BCUT2D eigenvalue weighted by Crippen LogP contribution is 2.30. The van der Waals surface area contributed by atoms with Gasteiger partial charge in [-0.3, -0.25) is 0 Å². The van der Waals surface area contributed by atoms with Crippen molar-refractivity contribution in [3.63, 3.8) is 0 Å². The Bertz CT molecular complexity index is 558. The molecule has 0 saturated carbocycles. The van der Waals surface area contributed by atoms with Crippen LogP contribution in [0.1, 0.15) is 235 Å². The van der Waals surface area contributed by atoms with Crippen molar-refractivity contribution in [2.75, 3.05) is 0 Å². The second kappa shape index (κ2) is 31.7. The van der Waals surface area contributed by atoms with Crippen LogP contribution in [0, 0.1) is 29.6 Å². The number of rotatable bonds is 34. The number of hydrogen-bond acceptors (Lipinski definition) is 0. The molecule has 0 aromatic rings. The molecule has 4 unspecified atom stereocenters. The van der Waals surface area contributed by atoms with Crippen LogP contribution in [0.3, 0.4) is 0 Å². The predicted octanol–water partition coefficient (Wildman–Crippen LogP) is 16.1. The lowest BCUT2D eigenvalue weighted by molar-refractivity contribution is 0.257. The summed E-state index contributed by atoms with van der Waals surface area (Å²) >= 11 is 0. The first-order valence-electron chi connectivity index (χ1n) is 20.4. The van der Waals surface area contributed by atoms with Crippen molar-refractivity contribution in [3.8, 4) is 0 Å². The van der Waals surface area contributed by atoms with Crippen LogP contribution in [0.25, 0.3) is 0 Å². The summed E-state index contributed by atoms with van der Waals surface area (Å²) in [7, 11) is 0. The molecule has 0 N–H and O–H groups in total. The van der Waals surface area contributed by atoms with Crippen molar-refractivity contribution in [2.45, 2.75) is 235 Å². The SMILES string of the molecule is C=C(C)CCCCCCCCC(C)CCCCCCCCC(C)CCC(CC(C)CCCCCCCCCCC)C(C)C. The Kier molecular flexibility index (Phi) is 31.5. The van der Waals surface area contributed by atoms with Gasteiger partial charge < -0.3 is 0 Å². The molecule has 0 fully saturated rings. The van der Waals surface area contributed by atoms with Gasteiger partial charge in [0, 0.05) is 0 Å². The van der Waals surface area contributed by atoms with Crippen LogP contribution in [-0.2, 0) is 0 Å². The fourth-order valence-electron chi connectivity index (χ4n) is 7.27. The first-order valence-corrected chi connectivity index (χ1v) is 20.4. The second-order valence-electron chi connectivity index (χ2n) is 16.1. The van der Waals surface area contributed by atoms with E-state index in [-0.39, 0.29) is 0 Å². The van der Waals surface area contributed by atoms with E-state index in [9.17, 15) is 0 Å². The minimum Gasteiger partial charge on any atom is -0.100 e. The molecule has 4 atom stereocenters. The first-order chi connectivity index (χ1) is 20.8. The molecule has 0 heteroatoms. The Balaban J connectivity index is 3.67. The number of hydrogen-bond donors (Lipinski definition) is 0. The zero-order valence-electron chi connectivity index (χ0n) is 31.6. The van der Waals surface area contributed by atoms with Crippen LogP contribution in [0.2, 0.25) is 0 Å². The molecule has 0 aromatic heterocycles. The summed E-state index contributed by atoms with van der Waals surface area (Å²) in [5.41, 5.74) is 1.35. The zero-order valence-corrected chi connectivity index (χ0v) is 31.6. The number of unbranched alkanes of at least 4 members (excludes halogenated alkanes) is 18. The molecule has 0 aliphatic heterocycles. The smallest absolute Gasteiger partial charge is 0.0326 e. The molecule has 0 aromatic carbocycles. The molecule has 0 spiro atoms.